The van der Waals surface area contributed by atoms with Crippen LogP contribution in [0.3, 0.4) is 0 Å². The molecule has 0 aromatic heterocycles. The highest BCUT2D eigenvalue weighted by Crippen LogP contribution is 2.28. The molecule has 0 aliphatic rings. The average molecular weight is 327 g/mol. The summed E-state index contributed by atoms with van der Waals surface area (Å²) in [6.45, 7) is 2.57. The van der Waals surface area contributed by atoms with Crippen molar-refractivity contribution in [3.63, 3.8) is 0 Å². The number of rotatable bonds is 3. The summed E-state index contributed by atoms with van der Waals surface area (Å²) in [5, 5.41) is 13.5. The third-order valence-electron chi connectivity index (χ3n) is 2.73. The minimum absolute atomic E-state index is 0.140. The van der Waals surface area contributed by atoms with E-state index in [1.807, 2.05) is 37.3 Å². The third-order valence-corrected chi connectivity index (χ3v) is 3.53. The largest absolute Gasteiger partial charge is 0.506 e. The lowest BCUT2D eigenvalue weighted by atomic mass is 10.1. The Labute approximate surface area is 120 Å². The number of aryl methyl sites for hydroxylation is 1. The van der Waals surface area contributed by atoms with E-state index in [4.69, 9.17) is 11.6 Å². The molecule has 0 radical (unpaired) electrons. The lowest BCUT2D eigenvalue weighted by molar-refractivity contribution is 0.469. The number of hydrogen-bond acceptors (Lipinski definition) is 2. The number of nitrogens with one attached hydrogen (secondary N) is 1. The highest BCUT2D eigenvalue weighted by molar-refractivity contribution is 9.10. The zero-order chi connectivity index (χ0) is 13.1. The number of hydrogen-bond donors (Lipinski definition) is 2. The second-order valence-electron chi connectivity index (χ2n) is 4.06. The van der Waals surface area contributed by atoms with Gasteiger partial charge >= 0.3 is 0 Å². The zero-order valence-corrected chi connectivity index (χ0v) is 12.2. The van der Waals surface area contributed by atoms with Gasteiger partial charge in [-0.1, -0.05) is 39.7 Å². The molecule has 0 spiro atoms. The lowest BCUT2D eigenvalue weighted by Gasteiger charge is -2.11. The van der Waals surface area contributed by atoms with Crippen LogP contribution in [0.2, 0.25) is 5.02 Å². The van der Waals surface area contributed by atoms with E-state index in [2.05, 4.69) is 21.2 Å². The summed E-state index contributed by atoms with van der Waals surface area (Å²) in [4.78, 5) is 0. The van der Waals surface area contributed by atoms with Gasteiger partial charge in [-0.2, -0.15) is 0 Å². The SMILES string of the molecule is Cc1cc(Br)ccc1NCc1cccc(Cl)c1O. The van der Waals surface area contributed by atoms with Crippen LogP contribution >= 0.6 is 27.5 Å². The summed E-state index contributed by atoms with van der Waals surface area (Å²) in [7, 11) is 0. The summed E-state index contributed by atoms with van der Waals surface area (Å²) in [5.41, 5.74) is 2.97. The van der Waals surface area contributed by atoms with Gasteiger partial charge in [0.25, 0.3) is 0 Å². The van der Waals surface area contributed by atoms with Crippen molar-refractivity contribution in [3.8, 4) is 5.75 Å². The van der Waals surface area contributed by atoms with Gasteiger partial charge in [0.05, 0.1) is 5.02 Å². The van der Waals surface area contributed by atoms with E-state index in [9.17, 15) is 5.11 Å². The van der Waals surface area contributed by atoms with E-state index in [1.54, 1.807) is 6.07 Å². The molecule has 18 heavy (non-hydrogen) atoms. The molecule has 0 saturated carbocycles. The molecule has 2 nitrogen and oxygen atoms in total. The maximum Gasteiger partial charge on any atom is 0.139 e. The van der Waals surface area contributed by atoms with Crippen LogP contribution in [0.25, 0.3) is 0 Å². The Balaban J connectivity index is 2.14. The van der Waals surface area contributed by atoms with Gasteiger partial charge in [0, 0.05) is 22.3 Å². The average Bonchev–Trinajstić information content (AvgIpc) is 2.33. The Kier molecular flexibility index (Phi) is 4.15. The van der Waals surface area contributed by atoms with E-state index < -0.39 is 0 Å². The van der Waals surface area contributed by atoms with Gasteiger partial charge in [0.15, 0.2) is 0 Å². The molecule has 0 bridgehead atoms. The van der Waals surface area contributed by atoms with E-state index in [-0.39, 0.29) is 5.75 Å². The number of aromatic hydroxyl groups is 1. The molecule has 0 amide bonds. The zero-order valence-electron chi connectivity index (χ0n) is 9.87. The second-order valence-corrected chi connectivity index (χ2v) is 5.38. The normalized spacial score (nSPS) is 10.4. The maximum atomic E-state index is 9.81. The third kappa shape index (κ3) is 2.98. The fourth-order valence-corrected chi connectivity index (χ4v) is 2.39. The number of para-hydroxylation sites is 1. The Hall–Kier alpha value is -1.19. The molecule has 0 heterocycles. The molecule has 0 aliphatic heterocycles. The molecule has 0 fully saturated rings. The summed E-state index contributed by atoms with van der Waals surface area (Å²) >= 11 is 9.29. The van der Waals surface area contributed by atoms with E-state index in [0.29, 0.717) is 11.6 Å². The van der Waals surface area contributed by atoms with Gasteiger partial charge in [-0.3, -0.25) is 0 Å². The molecule has 0 atom stereocenters. The van der Waals surface area contributed by atoms with Crippen LogP contribution < -0.4 is 5.32 Å². The first-order valence-corrected chi connectivity index (χ1v) is 6.71. The van der Waals surface area contributed by atoms with Crippen molar-refractivity contribution in [2.24, 2.45) is 0 Å². The van der Waals surface area contributed by atoms with Gasteiger partial charge in [0.2, 0.25) is 0 Å². The van der Waals surface area contributed by atoms with Crippen molar-refractivity contribution in [2.45, 2.75) is 13.5 Å². The number of halogens is 2. The quantitative estimate of drug-likeness (QED) is 0.854. The Morgan fingerprint density at radius 3 is 2.78 bits per heavy atom. The van der Waals surface area contributed by atoms with Crippen LogP contribution in [0.15, 0.2) is 40.9 Å². The molecule has 2 aromatic rings. The monoisotopic (exact) mass is 325 g/mol. The Morgan fingerprint density at radius 2 is 2.06 bits per heavy atom. The summed E-state index contributed by atoms with van der Waals surface area (Å²) in [6.07, 6.45) is 0. The smallest absolute Gasteiger partial charge is 0.139 e. The van der Waals surface area contributed by atoms with Crippen LogP contribution in [0.1, 0.15) is 11.1 Å². The highest BCUT2D eigenvalue weighted by Gasteiger charge is 2.05. The van der Waals surface area contributed by atoms with Gasteiger partial charge in [-0.25, -0.2) is 0 Å². The van der Waals surface area contributed by atoms with E-state index in [0.717, 1.165) is 21.3 Å². The molecule has 2 N–H and O–H groups in total. The fourth-order valence-electron chi connectivity index (χ4n) is 1.72. The molecule has 0 saturated heterocycles. The van der Waals surface area contributed by atoms with Crippen molar-refractivity contribution in [1.82, 2.24) is 0 Å². The summed E-state index contributed by atoms with van der Waals surface area (Å²) in [6, 6.07) is 11.4. The molecule has 2 rings (SSSR count). The van der Waals surface area contributed by atoms with E-state index in [1.165, 1.54) is 0 Å². The van der Waals surface area contributed by atoms with Crippen LogP contribution in [0.5, 0.6) is 5.75 Å². The standard InChI is InChI=1S/C14H13BrClNO/c1-9-7-11(15)5-6-13(9)17-8-10-3-2-4-12(16)14(10)18/h2-7,17-18H,8H2,1H3. The predicted octanol–water partition coefficient (Wildman–Crippen LogP) is 4.73. The first-order chi connectivity index (χ1) is 8.58. The van der Waals surface area contributed by atoms with E-state index >= 15 is 0 Å². The van der Waals surface area contributed by atoms with Crippen molar-refractivity contribution in [2.75, 3.05) is 5.32 Å². The van der Waals surface area contributed by atoms with Gasteiger partial charge in [-0.15, -0.1) is 0 Å². The van der Waals surface area contributed by atoms with Gasteiger partial charge in [0.1, 0.15) is 5.75 Å². The Morgan fingerprint density at radius 1 is 1.28 bits per heavy atom. The first kappa shape index (κ1) is 13.2. The van der Waals surface area contributed by atoms with Crippen LogP contribution in [-0.4, -0.2) is 5.11 Å². The molecule has 0 aliphatic carbocycles. The van der Waals surface area contributed by atoms with Crippen molar-refractivity contribution >= 4 is 33.2 Å². The maximum absolute atomic E-state index is 9.81. The Bertz CT molecular complexity index is 572. The molecule has 2 aromatic carbocycles. The number of phenolic OH excluding ortho intramolecular Hbond substituents is 1. The lowest BCUT2D eigenvalue weighted by Crippen LogP contribution is -2.01. The van der Waals surface area contributed by atoms with Gasteiger partial charge < -0.3 is 10.4 Å². The summed E-state index contributed by atoms with van der Waals surface area (Å²) in [5.74, 6) is 0.140. The number of phenols is 1. The summed E-state index contributed by atoms with van der Waals surface area (Å²) < 4.78 is 1.05. The van der Waals surface area contributed by atoms with Crippen LogP contribution in [0, 0.1) is 6.92 Å². The van der Waals surface area contributed by atoms with Crippen LogP contribution in [-0.2, 0) is 6.54 Å². The van der Waals surface area contributed by atoms with Crippen molar-refractivity contribution in [1.29, 1.82) is 0 Å². The van der Waals surface area contributed by atoms with Gasteiger partial charge in [-0.05, 0) is 36.8 Å². The fraction of sp³-hybridized carbons (Fsp3) is 0.143. The van der Waals surface area contributed by atoms with Crippen molar-refractivity contribution < 1.29 is 5.11 Å². The molecular weight excluding hydrogens is 314 g/mol. The first-order valence-electron chi connectivity index (χ1n) is 5.54. The minimum atomic E-state index is 0.140. The molecular formula is C14H13BrClNO. The van der Waals surface area contributed by atoms with Crippen molar-refractivity contribution in [3.05, 3.63) is 57.0 Å². The number of benzene rings is 2. The molecule has 0 unspecified atom stereocenters. The minimum Gasteiger partial charge on any atom is -0.506 e. The number of anilines is 1. The molecule has 4 heteroatoms. The van der Waals surface area contributed by atoms with Crippen LogP contribution in [0.4, 0.5) is 5.69 Å². The topological polar surface area (TPSA) is 32.3 Å². The second kappa shape index (κ2) is 5.63. The highest BCUT2D eigenvalue weighted by atomic mass is 79.9. The molecule has 94 valence electrons. The predicted molar refractivity (Wildman–Crippen MR) is 79.3 cm³/mol.